The molecule has 1 aliphatic rings. The summed E-state index contributed by atoms with van der Waals surface area (Å²) in [7, 11) is 0. The maximum absolute atomic E-state index is 12.3. The fraction of sp³-hybridized carbons (Fsp3) is 0.208. The molecule has 4 rings (SSSR count). The topological polar surface area (TPSA) is 122 Å². The standard InChI is InChI=1S/C24H21ClN2O6/c25-14-9-10-19(21(11-14)27(31)32)23(29)22(28)12-26-24(30)33-13-20-17-7-3-1-5-15(17)16-6-2-4-8-18(16)20/h1-11,20,22-23,28-29H,12-13H2,(H,26,30). The maximum Gasteiger partial charge on any atom is 0.407 e. The molecule has 170 valence electrons. The molecule has 33 heavy (non-hydrogen) atoms. The van der Waals surface area contributed by atoms with Crippen LogP contribution < -0.4 is 5.32 Å². The summed E-state index contributed by atoms with van der Waals surface area (Å²) < 4.78 is 5.38. The fourth-order valence-corrected chi connectivity index (χ4v) is 4.25. The van der Waals surface area contributed by atoms with E-state index in [1.54, 1.807) is 0 Å². The van der Waals surface area contributed by atoms with Gasteiger partial charge in [-0.3, -0.25) is 10.1 Å². The van der Waals surface area contributed by atoms with E-state index in [2.05, 4.69) is 5.32 Å². The number of ether oxygens (including phenoxy) is 1. The van der Waals surface area contributed by atoms with Gasteiger partial charge in [0.25, 0.3) is 5.69 Å². The van der Waals surface area contributed by atoms with Crippen molar-refractivity contribution in [2.45, 2.75) is 18.1 Å². The van der Waals surface area contributed by atoms with Gasteiger partial charge in [-0.25, -0.2) is 4.79 Å². The summed E-state index contributed by atoms with van der Waals surface area (Å²) in [6.45, 7) is -0.265. The van der Waals surface area contributed by atoms with Gasteiger partial charge >= 0.3 is 6.09 Å². The van der Waals surface area contributed by atoms with E-state index in [4.69, 9.17) is 16.3 Å². The van der Waals surface area contributed by atoms with Crippen molar-refractivity contribution in [3.63, 3.8) is 0 Å². The van der Waals surface area contributed by atoms with Gasteiger partial charge in [-0.05, 0) is 34.4 Å². The number of carbonyl (C=O) groups excluding carboxylic acids is 1. The number of benzene rings is 3. The van der Waals surface area contributed by atoms with Crippen LogP contribution in [0.15, 0.2) is 66.7 Å². The molecule has 0 saturated heterocycles. The van der Waals surface area contributed by atoms with E-state index < -0.39 is 28.9 Å². The lowest BCUT2D eigenvalue weighted by atomic mass is 9.98. The predicted octanol–water partition coefficient (Wildman–Crippen LogP) is 4.18. The van der Waals surface area contributed by atoms with Crippen LogP contribution in [0, 0.1) is 10.1 Å². The first-order valence-electron chi connectivity index (χ1n) is 10.3. The Kier molecular flexibility index (Phi) is 6.60. The minimum Gasteiger partial charge on any atom is -0.449 e. The van der Waals surface area contributed by atoms with Crippen LogP contribution in [0.4, 0.5) is 10.5 Å². The van der Waals surface area contributed by atoms with Crippen LogP contribution in [0.2, 0.25) is 5.02 Å². The lowest BCUT2D eigenvalue weighted by Gasteiger charge is -2.19. The molecule has 3 aromatic carbocycles. The highest BCUT2D eigenvalue weighted by atomic mass is 35.5. The first-order valence-corrected chi connectivity index (χ1v) is 10.6. The molecule has 0 aromatic heterocycles. The van der Waals surface area contributed by atoms with Crippen LogP contribution in [-0.4, -0.2) is 40.5 Å². The molecule has 1 amide bonds. The van der Waals surface area contributed by atoms with E-state index in [0.29, 0.717) is 0 Å². The SMILES string of the molecule is O=C(NCC(O)C(O)c1ccc(Cl)cc1[N+](=O)[O-])OCC1c2ccccc2-c2ccccc21. The average molecular weight is 469 g/mol. The Hall–Kier alpha value is -3.46. The molecular weight excluding hydrogens is 448 g/mol. The third-order valence-electron chi connectivity index (χ3n) is 5.67. The molecule has 0 saturated carbocycles. The van der Waals surface area contributed by atoms with Gasteiger partial charge in [-0.2, -0.15) is 0 Å². The predicted molar refractivity (Wildman–Crippen MR) is 122 cm³/mol. The zero-order valence-electron chi connectivity index (χ0n) is 17.3. The number of aliphatic hydroxyl groups excluding tert-OH is 2. The summed E-state index contributed by atoms with van der Waals surface area (Å²) in [5.41, 5.74) is 3.81. The number of rotatable bonds is 7. The number of alkyl carbamates (subject to hydrolysis) is 1. The number of nitro benzene ring substituents is 1. The molecule has 3 aromatic rings. The van der Waals surface area contributed by atoms with Crippen LogP contribution in [0.25, 0.3) is 11.1 Å². The smallest absolute Gasteiger partial charge is 0.407 e. The maximum atomic E-state index is 12.3. The monoisotopic (exact) mass is 468 g/mol. The lowest BCUT2D eigenvalue weighted by molar-refractivity contribution is -0.386. The van der Waals surface area contributed by atoms with Gasteiger partial charge in [0.15, 0.2) is 0 Å². The molecule has 0 radical (unpaired) electrons. The van der Waals surface area contributed by atoms with Crippen LogP contribution >= 0.6 is 11.6 Å². The highest BCUT2D eigenvalue weighted by molar-refractivity contribution is 6.30. The Morgan fingerprint density at radius 1 is 1.06 bits per heavy atom. The molecule has 2 atom stereocenters. The van der Waals surface area contributed by atoms with E-state index in [1.165, 1.54) is 12.1 Å². The minimum atomic E-state index is -1.60. The summed E-state index contributed by atoms with van der Waals surface area (Å²) in [4.78, 5) is 22.8. The largest absolute Gasteiger partial charge is 0.449 e. The number of carbonyl (C=O) groups is 1. The lowest BCUT2D eigenvalue weighted by Crippen LogP contribution is -2.36. The Morgan fingerprint density at radius 3 is 2.27 bits per heavy atom. The van der Waals surface area contributed by atoms with Crippen molar-refractivity contribution in [2.24, 2.45) is 0 Å². The molecule has 9 heteroatoms. The second kappa shape index (κ2) is 9.58. The Morgan fingerprint density at radius 2 is 1.67 bits per heavy atom. The van der Waals surface area contributed by atoms with Crippen molar-refractivity contribution in [3.8, 4) is 11.1 Å². The summed E-state index contributed by atoms with van der Waals surface area (Å²) in [6.07, 6.45) is -3.87. The number of fused-ring (bicyclic) bond motifs is 3. The minimum absolute atomic E-state index is 0.0984. The molecule has 0 aliphatic heterocycles. The van der Waals surface area contributed by atoms with E-state index in [0.717, 1.165) is 28.3 Å². The third kappa shape index (κ3) is 4.68. The molecule has 2 unspecified atom stereocenters. The first kappa shape index (κ1) is 22.7. The Balaban J connectivity index is 1.36. The van der Waals surface area contributed by atoms with Crippen molar-refractivity contribution in [2.75, 3.05) is 13.2 Å². The average Bonchev–Trinajstić information content (AvgIpc) is 3.14. The first-order chi connectivity index (χ1) is 15.9. The van der Waals surface area contributed by atoms with Gasteiger partial charge in [0.05, 0.1) is 10.5 Å². The Bertz CT molecular complexity index is 1160. The van der Waals surface area contributed by atoms with Gasteiger partial charge in [0.2, 0.25) is 0 Å². The quantitative estimate of drug-likeness (QED) is 0.353. The van der Waals surface area contributed by atoms with Gasteiger partial charge in [-0.15, -0.1) is 0 Å². The third-order valence-corrected chi connectivity index (χ3v) is 5.91. The summed E-state index contributed by atoms with van der Waals surface area (Å²) in [6, 6.07) is 19.6. The zero-order valence-corrected chi connectivity index (χ0v) is 18.1. The number of amides is 1. The molecular formula is C24H21ClN2O6. The number of nitrogens with one attached hydrogen (secondary N) is 1. The molecule has 0 fully saturated rings. The fourth-order valence-electron chi connectivity index (χ4n) is 4.08. The normalized spacial score (nSPS) is 14.2. The van der Waals surface area contributed by atoms with E-state index >= 15 is 0 Å². The Labute approximate surface area is 194 Å². The van der Waals surface area contributed by atoms with E-state index in [9.17, 15) is 25.1 Å². The van der Waals surface area contributed by atoms with Crippen LogP contribution in [0.3, 0.4) is 0 Å². The molecule has 8 nitrogen and oxygen atoms in total. The second-order valence-corrected chi connectivity index (χ2v) is 8.12. The molecule has 0 bridgehead atoms. The zero-order chi connectivity index (χ0) is 23.5. The summed E-state index contributed by atoms with van der Waals surface area (Å²) in [5.74, 6) is -0.115. The number of nitrogens with zero attached hydrogens (tertiary/aromatic N) is 1. The summed E-state index contributed by atoms with van der Waals surface area (Å²) in [5, 5.41) is 34.4. The second-order valence-electron chi connectivity index (χ2n) is 7.68. The van der Waals surface area contributed by atoms with Crippen LogP contribution in [0.5, 0.6) is 0 Å². The highest BCUT2D eigenvalue weighted by Gasteiger charge is 2.30. The molecule has 1 aliphatic carbocycles. The number of halogens is 1. The summed E-state index contributed by atoms with van der Waals surface area (Å²) >= 11 is 5.78. The molecule has 0 spiro atoms. The highest BCUT2D eigenvalue weighted by Crippen LogP contribution is 2.44. The number of aliphatic hydroxyl groups is 2. The van der Waals surface area contributed by atoms with Gasteiger partial charge in [-0.1, -0.05) is 60.1 Å². The number of hydrogen-bond donors (Lipinski definition) is 3. The number of nitro groups is 1. The van der Waals surface area contributed by atoms with E-state index in [1.807, 2.05) is 48.5 Å². The molecule has 0 heterocycles. The van der Waals surface area contributed by atoms with E-state index in [-0.39, 0.29) is 29.7 Å². The van der Waals surface area contributed by atoms with Crippen LogP contribution in [-0.2, 0) is 4.74 Å². The van der Waals surface area contributed by atoms with Crippen molar-refractivity contribution < 1.29 is 24.7 Å². The van der Waals surface area contributed by atoms with Crippen molar-refractivity contribution in [3.05, 3.63) is 98.6 Å². The number of hydrogen-bond acceptors (Lipinski definition) is 6. The van der Waals surface area contributed by atoms with Gasteiger partial charge < -0.3 is 20.3 Å². The van der Waals surface area contributed by atoms with Crippen molar-refractivity contribution in [1.82, 2.24) is 5.32 Å². The van der Waals surface area contributed by atoms with Gasteiger partial charge in [0.1, 0.15) is 18.8 Å². The molecule has 3 N–H and O–H groups in total. The van der Waals surface area contributed by atoms with Crippen LogP contribution in [0.1, 0.15) is 28.7 Å². The van der Waals surface area contributed by atoms with Crippen molar-refractivity contribution >= 4 is 23.4 Å². The van der Waals surface area contributed by atoms with Gasteiger partial charge in [0, 0.05) is 23.6 Å². The van der Waals surface area contributed by atoms with Crippen molar-refractivity contribution in [1.29, 1.82) is 0 Å².